The van der Waals surface area contributed by atoms with Gasteiger partial charge in [0.2, 0.25) is 0 Å². The first-order valence-electron chi connectivity index (χ1n) is 7.16. The van der Waals surface area contributed by atoms with Gasteiger partial charge in [-0.1, -0.05) is 35.0 Å². The number of hydrogen-bond donors (Lipinski definition) is 1. The van der Waals surface area contributed by atoms with Crippen molar-refractivity contribution < 1.29 is 14.6 Å². The van der Waals surface area contributed by atoms with Gasteiger partial charge in [0.05, 0.1) is 6.10 Å². The second-order valence-electron chi connectivity index (χ2n) is 6.00. The zero-order chi connectivity index (χ0) is 14.3. The first-order valence-corrected chi connectivity index (χ1v) is 7.95. The summed E-state index contributed by atoms with van der Waals surface area (Å²) in [7, 11) is 0. The van der Waals surface area contributed by atoms with Gasteiger partial charge in [-0.15, -0.1) is 0 Å². The lowest BCUT2D eigenvalue weighted by Gasteiger charge is -2.36. The molecule has 1 aromatic carbocycles. The number of rotatable bonds is 4. The molecule has 3 nitrogen and oxygen atoms in total. The number of aliphatic carboxylic acids is 1. The fourth-order valence-corrected chi connectivity index (χ4v) is 3.79. The van der Waals surface area contributed by atoms with Crippen molar-refractivity contribution in [1.82, 2.24) is 0 Å². The molecule has 1 heterocycles. The van der Waals surface area contributed by atoms with Crippen LogP contribution in [0, 0.1) is 11.3 Å². The fraction of sp³-hybridized carbons (Fsp3) is 0.562. The molecule has 3 rings (SSSR count). The van der Waals surface area contributed by atoms with Crippen LogP contribution in [0.4, 0.5) is 0 Å². The summed E-state index contributed by atoms with van der Waals surface area (Å²) in [6.07, 6.45) is 2.69. The average Bonchev–Trinajstić information content (AvgIpc) is 3.17. The number of benzene rings is 1. The monoisotopic (exact) mass is 338 g/mol. The van der Waals surface area contributed by atoms with Crippen molar-refractivity contribution in [2.45, 2.75) is 38.2 Å². The molecule has 3 atom stereocenters. The van der Waals surface area contributed by atoms with Crippen molar-refractivity contribution in [3.05, 3.63) is 34.3 Å². The van der Waals surface area contributed by atoms with E-state index >= 15 is 0 Å². The SMILES string of the molecule is CC(c1ccc(Br)cc1)C1(C(=O)O)CCOC1C1CC1. The van der Waals surface area contributed by atoms with Crippen LogP contribution in [0.2, 0.25) is 0 Å². The van der Waals surface area contributed by atoms with Crippen LogP contribution in [-0.4, -0.2) is 23.8 Å². The van der Waals surface area contributed by atoms with Gasteiger partial charge in [0.1, 0.15) is 5.41 Å². The van der Waals surface area contributed by atoms with Crippen LogP contribution in [0.25, 0.3) is 0 Å². The first kappa shape index (κ1) is 14.1. The van der Waals surface area contributed by atoms with Gasteiger partial charge in [0.25, 0.3) is 0 Å². The van der Waals surface area contributed by atoms with Crippen molar-refractivity contribution in [2.24, 2.45) is 11.3 Å². The zero-order valence-corrected chi connectivity index (χ0v) is 13.1. The first-order chi connectivity index (χ1) is 9.55. The van der Waals surface area contributed by atoms with Gasteiger partial charge in [-0.25, -0.2) is 0 Å². The van der Waals surface area contributed by atoms with Crippen molar-refractivity contribution >= 4 is 21.9 Å². The summed E-state index contributed by atoms with van der Waals surface area (Å²) in [5.74, 6) is -0.310. The minimum Gasteiger partial charge on any atom is -0.481 e. The minimum absolute atomic E-state index is 0.0406. The standard InChI is InChI=1S/C16H19BrO3/c1-10(11-4-6-13(17)7-5-11)16(15(18)19)8-9-20-14(16)12-2-3-12/h4-7,10,12,14H,2-3,8-9H2,1H3,(H,18,19). The molecule has 0 aromatic heterocycles. The number of halogens is 1. The van der Waals surface area contributed by atoms with Gasteiger partial charge in [0.15, 0.2) is 0 Å². The topological polar surface area (TPSA) is 46.5 Å². The molecule has 1 aromatic rings. The van der Waals surface area contributed by atoms with Crippen molar-refractivity contribution in [2.75, 3.05) is 6.61 Å². The van der Waals surface area contributed by atoms with Crippen LogP contribution in [-0.2, 0) is 9.53 Å². The molecule has 2 fully saturated rings. The predicted molar refractivity (Wildman–Crippen MR) is 79.7 cm³/mol. The Labute approximate surface area is 127 Å². The quantitative estimate of drug-likeness (QED) is 0.907. The van der Waals surface area contributed by atoms with Gasteiger partial charge in [-0.2, -0.15) is 0 Å². The van der Waals surface area contributed by atoms with Crippen LogP contribution in [0.15, 0.2) is 28.7 Å². The van der Waals surface area contributed by atoms with Gasteiger partial charge in [0, 0.05) is 11.1 Å². The molecule has 1 N–H and O–H groups in total. The Morgan fingerprint density at radius 1 is 1.40 bits per heavy atom. The highest BCUT2D eigenvalue weighted by atomic mass is 79.9. The maximum Gasteiger partial charge on any atom is 0.313 e. The third-order valence-electron chi connectivity index (χ3n) is 4.91. The molecule has 3 unspecified atom stereocenters. The Morgan fingerprint density at radius 3 is 2.60 bits per heavy atom. The van der Waals surface area contributed by atoms with E-state index in [0.29, 0.717) is 18.9 Å². The highest BCUT2D eigenvalue weighted by molar-refractivity contribution is 9.10. The Morgan fingerprint density at radius 2 is 2.05 bits per heavy atom. The number of hydrogen-bond acceptors (Lipinski definition) is 2. The molecule has 1 saturated heterocycles. The van der Waals surface area contributed by atoms with Gasteiger partial charge in [-0.05, 0) is 48.8 Å². The Kier molecular flexibility index (Phi) is 3.63. The lowest BCUT2D eigenvalue weighted by atomic mass is 9.67. The maximum absolute atomic E-state index is 12.1. The molecule has 0 amide bonds. The third kappa shape index (κ3) is 2.19. The molecule has 1 aliphatic carbocycles. The number of carboxylic acid groups (broad SMARTS) is 1. The van der Waals surface area contributed by atoms with E-state index in [1.807, 2.05) is 31.2 Å². The van der Waals surface area contributed by atoms with Crippen LogP contribution in [0.3, 0.4) is 0 Å². The van der Waals surface area contributed by atoms with E-state index in [0.717, 1.165) is 22.9 Å². The summed E-state index contributed by atoms with van der Waals surface area (Å²) in [6, 6.07) is 7.98. The van der Waals surface area contributed by atoms with E-state index in [1.165, 1.54) is 0 Å². The van der Waals surface area contributed by atoms with E-state index in [4.69, 9.17) is 4.74 Å². The summed E-state index contributed by atoms with van der Waals surface area (Å²) in [5.41, 5.74) is 0.307. The Hall–Kier alpha value is -0.870. The van der Waals surface area contributed by atoms with E-state index < -0.39 is 11.4 Å². The molecule has 0 radical (unpaired) electrons. The van der Waals surface area contributed by atoms with E-state index in [9.17, 15) is 9.90 Å². The zero-order valence-electron chi connectivity index (χ0n) is 11.5. The highest BCUT2D eigenvalue weighted by Crippen LogP contribution is 2.54. The largest absolute Gasteiger partial charge is 0.481 e. The summed E-state index contributed by atoms with van der Waals surface area (Å²) >= 11 is 3.42. The van der Waals surface area contributed by atoms with Crippen LogP contribution in [0.1, 0.15) is 37.7 Å². The molecular formula is C16H19BrO3. The molecule has 108 valence electrons. The maximum atomic E-state index is 12.1. The summed E-state index contributed by atoms with van der Waals surface area (Å²) < 4.78 is 6.84. The van der Waals surface area contributed by atoms with E-state index in [2.05, 4.69) is 15.9 Å². The molecule has 20 heavy (non-hydrogen) atoms. The second kappa shape index (κ2) is 5.15. The smallest absolute Gasteiger partial charge is 0.313 e. The van der Waals surface area contributed by atoms with E-state index in [-0.39, 0.29) is 12.0 Å². The predicted octanol–water partition coefficient (Wildman–Crippen LogP) is 3.82. The van der Waals surface area contributed by atoms with Crippen molar-refractivity contribution in [1.29, 1.82) is 0 Å². The molecule has 1 saturated carbocycles. The van der Waals surface area contributed by atoms with Crippen LogP contribution >= 0.6 is 15.9 Å². The number of carboxylic acids is 1. The third-order valence-corrected chi connectivity index (χ3v) is 5.44. The minimum atomic E-state index is -0.769. The van der Waals surface area contributed by atoms with Crippen molar-refractivity contribution in [3.8, 4) is 0 Å². The molecule has 0 spiro atoms. The molecule has 1 aliphatic heterocycles. The fourth-order valence-electron chi connectivity index (χ4n) is 3.53. The summed E-state index contributed by atoms with van der Waals surface area (Å²) in [6.45, 7) is 2.59. The van der Waals surface area contributed by atoms with Crippen molar-refractivity contribution in [3.63, 3.8) is 0 Å². The lowest BCUT2D eigenvalue weighted by Crippen LogP contribution is -2.44. The second-order valence-corrected chi connectivity index (χ2v) is 6.91. The molecular weight excluding hydrogens is 320 g/mol. The highest BCUT2D eigenvalue weighted by Gasteiger charge is 2.58. The molecule has 2 aliphatic rings. The molecule has 0 bridgehead atoms. The number of ether oxygens (including phenoxy) is 1. The summed E-state index contributed by atoms with van der Waals surface area (Å²) in [5, 5.41) is 9.91. The number of carbonyl (C=O) groups is 1. The Bertz CT molecular complexity index is 509. The molecule has 4 heteroatoms. The van der Waals surface area contributed by atoms with Gasteiger partial charge >= 0.3 is 5.97 Å². The summed E-state index contributed by atoms with van der Waals surface area (Å²) in [4.78, 5) is 12.1. The normalized spacial score (nSPS) is 31.2. The van der Waals surface area contributed by atoms with Crippen LogP contribution < -0.4 is 0 Å². The Balaban J connectivity index is 1.97. The van der Waals surface area contributed by atoms with Gasteiger partial charge < -0.3 is 9.84 Å². The van der Waals surface area contributed by atoms with Gasteiger partial charge in [-0.3, -0.25) is 4.79 Å². The lowest BCUT2D eigenvalue weighted by molar-refractivity contribution is -0.155. The average molecular weight is 339 g/mol. The van der Waals surface area contributed by atoms with E-state index in [1.54, 1.807) is 0 Å². The van der Waals surface area contributed by atoms with Crippen LogP contribution in [0.5, 0.6) is 0 Å².